The Morgan fingerprint density at radius 2 is 1.91 bits per heavy atom. The Kier molecular flexibility index (Phi) is 8.13. The van der Waals surface area contributed by atoms with Crippen molar-refractivity contribution >= 4 is 15.9 Å². The summed E-state index contributed by atoms with van der Waals surface area (Å²) in [5, 5.41) is 12.4. The highest BCUT2D eigenvalue weighted by atomic mass is 32.2. The Morgan fingerprint density at radius 1 is 1.18 bits per heavy atom. The fourth-order valence-corrected chi connectivity index (χ4v) is 5.69. The molecule has 2 N–H and O–H groups in total. The van der Waals surface area contributed by atoms with Crippen LogP contribution in [0.3, 0.4) is 0 Å². The lowest BCUT2D eigenvalue weighted by Gasteiger charge is -2.37. The van der Waals surface area contributed by atoms with E-state index in [1.54, 1.807) is 12.1 Å². The number of aliphatic hydroxyl groups excluding tert-OH is 1. The van der Waals surface area contributed by atoms with Gasteiger partial charge in [0.2, 0.25) is 16.3 Å². The molecule has 2 saturated carbocycles. The zero-order valence-corrected chi connectivity index (χ0v) is 20.3. The third kappa shape index (κ3) is 6.10. The molecule has 10 heteroatoms. The summed E-state index contributed by atoms with van der Waals surface area (Å²) in [6.07, 6.45) is 7.41. The van der Waals surface area contributed by atoms with E-state index in [1.165, 1.54) is 30.0 Å². The van der Waals surface area contributed by atoms with Crippen molar-refractivity contribution < 1.29 is 32.5 Å². The Hall–Kier alpha value is -2.14. The summed E-state index contributed by atoms with van der Waals surface area (Å²) in [4.78, 5) is 12.7. The number of rotatable bonds is 12. The molecule has 0 aromatic heterocycles. The predicted molar refractivity (Wildman–Crippen MR) is 124 cm³/mol. The Balaban J connectivity index is 1.37. The van der Waals surface area contributed by atoms with Crippen molar-refractivity contribution in [2.45, 2.75) is 55.8 Å². The molecule has 9 nitrogen and oxygen atoms in total. The highest BCUT2D eigenvalue weighted by molar-refractivity contribution is 7.89. The van der Waals surface area contributed by atoms with E-state index in [2.05, 4.69) is 5.32 Å². The normalized spacial score (nSPS) is 23.1. The minimum Gasteiger partial charge on any atom is -0.497 e. The van der Waals surface area contributed by atoms with Gasteiger partial charge in [0, 0.05) is 25.6 Å². The second kappa shape index (κ2) is 11.1. The van der Waals surface area contributed by atoms with Gasteiger partial charge in [-0.05, 0) is 67.9 Å². The van der Waals surface area contributed by atoms with Gasteiger partial charge in [-0.15, -0.1) is 0 Å². The quantitative estimate of drug-likeness (QED) is 0.457. The zero-order chi connectivity index (χ0) is 24.1. The molecule has 2 aliphatic carbocycles. The molecule has 1 amide bonds. The SMILES string of the molecule is COc1ccc(S(=O)(=O)N(CCO)CCO[C@H]2C[C@@H](C3CCC3)C=C(C(=O)NC3CC3)O2)cc1. The molecule has 4 rings (SSSR count). The number of carbonyl (C=O) groups excluding carboxylic acids is 1. The average molecular weight is 495 g/mol. The number of carbonyl (C=O) groups is 1. The number of methoxy groups -OCH3 is 1. The minimum absolute atomic E-state index is 0.0518. The number of ether oxygens (including phenoxy) is 3. The Bertz CT molecular complexity index is 972. The van der Waals surface area contributed by atoms with Crippen LogP contribution in [-0.2, 0) is 24.3 Å². The molecular weight excluding hydrogens is 460 g/mol. The van der Waals surface area contributed by atoms with Crippen LogP contribution in [0.5, 0.6) is 5.75 Å². The number of hydrogen-bond donors (Lipinski definition) is 2. The molecule has 2 fully saturated rings. The van der Waals surface area contributed by atoms with E-state index in [0.29, 0.717) is 23.8 Å². The first kappa shape index (κ1) is 25.0. The second-order valence-electron chi connectivity index (χ2n) is 9.09. The van der Waals surface area contributed by atoms with Gasteiger partial charge in [-0.3, -0.25) is 4.79 Å². The van der Waals surface area contributed by atoms with Crippen molar-refractivity contribution in [1.29, 1.82) is 0 Å². The summed E-state index contributed by atoms with van der Waals surface area (Å²) in [5.74, 6) is 1.40. The lowest BCUT2D eigenvalue weighted by atomic mass is 9.73. The third-order valence-corrected chi connectivity index (χ3v) is 8.58. The van der Waals surface area contributed by atoms with Crippen LogP contribution >= 0.6 is 0 Å². The maximum absolute atomic E-state index is 13.1. The molecule has 0 radical (unpaired) electrons. The first-order valence-corrected chi connectivity index (χ1v) is 13.4. The number of sulfonamides is 1. The predicted octanol–water partition coefficient (Wildman–Crippen LogP) is 2.02. The Labute approximate surface area is 201 Å². The van der Waals surface area contributed by atoms with Crippen molar-refractivity contribution in [1.82, 2.24) is 9.62 Å². The molecule has 0 saturated heterocycles. The van der Waals surface area contributed by atoms with Gasteiger partial charge in [-0.25, -0.2) is 8.42 Å². The van der Waals surface area contributed by atoms with Crippen LogP contribution in [0.15, 0.2) is 41.0 Å². The highest BCUT2D eigenvalue weighted by Gasteiger charge is 2.36. The molecule has 0 unspecified atom stereocenters. The van der Waals surface area contributed by atoms with Crippen molar-refractivity contribution in [2.24, 2.45) is 11.8 Å². The number of nitrogens with one attached hydrogen (secondary N) is 1. The van der Waals surface area contributed by atoms with Crippen molar-refractivity contribution in [3.63, 3.8) is 0 Å². The maximum Gasteiger partial charge on any atom is 0.286 e. The second-order valence-corrected chi connectivity index (χ2v) is 11.0. The summed E-state index contributed by atoms with van der Waals surface area (Å²) in [6, 6.07) is 6.34. The van der Waals surface area contributed by atoms with E-state index in [1.807, 2.05) is 6.08 Å². The molecule has 3 aliphatic rings. The number of aliphatic hydroxyl groups is 1. The highest BCUT2D eigenvalue weighted by Crippen LogP contribution is 2.40. The van der Waals surface area contributed by atoms with Gasteiger partial charge in [0.15, 0.2) is 5.76 Å². The van der Waals surface area contributed by atoms with E-state index in [4.69, 9.17) is 14.2 Å². The van der Waals surface area contributed by atoms with Crippen LogP contribution < -0.4 is 10.1 Å². The van der Waals surface area contributed by atoms with Crippen LogP contribution in [0.4, 0.5) is 0 Å². The molecular formula is C24H34N2O7S. The van der Waals surface area contributed by atoms with E-state index in [9.17, 15) is 18.3 Å². The fourth-order valence-electron chi connectivity index (χ4n) is 4.27. The maximum atomic E-state index is 13.1. The van der Waals surface area contributed by atoms with Gasteiger partial charge in [0.1, 0.15) is 5.75 Å². The topological polar surface area (TPSA) is 114 Å². The lowest BCUT2D eigenvalue weighted by molar-refractivity contribution is -0.152. The number of amides is 1. The van der Waals surface area contributed by atoms with E-state index >= 15 is 0 Å². The molecule has 1 aromatic carbocycles. The number of hydrogen-bond acceptors (Lipinski definition) is 7. The number of allylic oxidation sites excluding steroid dienone is 1. The summed E-state index contributed by atoms with van der Waals surface area (Å²) >= 11 is 0. The van der Waals surface area contributed by atoms with Crippen molar-refractivity contribution in [2.75, 3.05) is 33.4 Å². The standard InChI is InChI=1S/C24H34N2O7S/c1-31-20-7-9-21(10-8-20)34(29,30)26(11-13-27)12-14-32-23-16-18(17-3-2-4-17)15-22(33-23)24(28)25-19-5-6-19/h7-10,15,17-19,23,27H,2-6,11-14,16H2,1H3,(H,25,28)/t18-,23+/m0/s1. The molecule has 1 heterocycles. The van der Waals surface area contributed by atoms with Crippen LogP contribution in [-0.4, -0.2) is 69.5 Å². The molecule has 2 atom stereocenters. The van der Waals surface area contributed by atoms with Gasteiger partial charge in [-0.2, -0.15) is 4.31 Å². The molecule has 0 bridgehead atoms. The first-order chi connectivity index (χ1) is 16.4. The zero-order valence-electron chi connectivity index (χ0n) is 19.5. The van der Waals surface area contributed by atoms with Gasteiger partial charge in [-0.1, -0.05) is 6.42 Å². The van der Waals surface area contributed by atoms with Gasteiger partial charge < -0.3 is 24.6 Å². The number of nitrogens with zero attached hydrogens (tertiary/aromatic N) is 1. The van der Waals surface area contributed by atoms with E-state index < -0.39 is 16.3 Å². The molecule has 0 spiro atoms. The van der Waals surface area contributed by atoms with Crippen LogP contribution in [0.25, 0.3) is 0 Å². The van der Waals surface area contributed by atoms with E-state index in [-0.39, 0.29) is 49.1 Å². The van der Waals surface area contributed by atoms with E-state index in [0.717, 1.165) is 25.7 Å². The van der Waals surface area contributed by atoms with Crippen molar-refractivity contribution in [3.05, 3.63) is 36.1 Å². The largest absolute Gasteiger partial charge is 0.497 e. The average Bonchev–Trinajstić information content (AvgIpc) is 3.61. The monoisotopic (exact) mass is 494 g/mol. The molecule has 188 valence electrons. The fraction of sp³-hybridized carbons (Fsp3) is 0.625. The van der Waals surface area contributed by atoms with Crippen LogP contribution in [0, 0.1) is 11.8 Å². The smallest absolute Gasteiger partial charge is 0.286 e. The van der Waals surface area contributed by atoms with Crippen LogP contribution in [0.2, 0.25) is 0 Å². The van der Waals surface area contributed by atoms with Crippen molar-refractivity contribution in [3.8, 4) is 5.75 Å². The molecule has 34 heavy (non-hydrogen) atoms. The summed E-state index contributed by atoms with van der Waals surface area (Å²) in [6.45, 7) is -0.235. The number of benzene rings is 1. The Morgan fingerprint density at radius 3 is 2.50 bits per heavy atom. The summed E-state index contributed by atoms with van der Waals surface area (Å²) in [7, 11) is -2.31. The molecule has 1 aromatic rings. The van der Waals surface area contributed by atoms with Crippen LogP contribution in [0.1, 0.15) is 38.5 Å². The lowest BCUT2D eigenvalue weighted by Crippen LogP contribution is -2.39. The molecule has 1 aliphatic heterocycles. The van der Waals surface area contributed by atoms with Gasteiger partial charge in [0.05, 0.1) is 25.2 Å². The summed E-state index contributed by atoms with van der Waals surface area (Å²) in [5.41, 5.74) is 0. The minimum atomic E-state index is -3.82. The summed E-state index contributed by atoms with van der Waals surface area (Å²) < 4.78 is 44.2. The van der Waals surface area contributed by atoms with Gasteiger partial charge >= 0.3 is 0 Å². The third-order valence-electron chi connectivity index (χ3n) is 6.67. The first-order valence-electron chi connectivity index (χ1n) is 12.0. The van der Waals surface area contributed by atoms with Gasteiger partial charge in [0.25, 0.3) is 5.91 Å².